The van der Waals surface area contributed by atoms with Crippen LogP contribution in [0, 0.1) is 11.8 Å². The van der Waals surface area contributed by atoms with Crippen LogP contribution in [0.15, 0.2) is 0 Å². The highest BCUT2D eigenvalue weighted by Crippen LogP contribution is 2.29. The van der Waals surface area contributed by atoms with Crippen LogP contribution in [0.1, 0.15) is 13.8 Å². The van der Waals surface area contributed by atoms with Gasteiger partial charge in [0.1, 0.15) is 0 Å². The first-order valence-corrected chi connectivity index (χ1v) is 4.58. The second-order valence-electron chi connectivity index (χ2n) is 3.68. The lowest BCUT2D eigenvalue weighted by Gasteiger charge is -2.38. The number of rotatable bonds is 1. The molecule has 0 aromatic carbocycles. The van der Waals surface area contributed by atoms with Crippen molar-refractivity contribution >= 4 is 5.97 Å². The van der Waals surface area contributed by atoms with Crippen LogP contribution >= 0.6 is 0 Å². The monoisotopic (exact) mass is 204 g/mol. The number of carbonyl (C=O) groups excluding carboxylic acids is 1. The van der Waals surface area contributed by atoms with E-state index in [1.54, 1.807) is 13.8 Å². The van der Waals surface area contributed by atoms with Gasteiger partial charge in [-0.2, -0.15) is 0 Å². The first-order valence-electron chi connectivity index (χ1n) is 4.58. The number of carbonyl (C=O) groups is 1. The van der Waals surface area contributed by atoms with Crippen molar-refractivity contribution in [1.82, 2.24) is 0 Å². The molecule has 2 N–H and O–H groups in total. The van der Waals surface area contributed by atoms with Crippen LogP contribution in [-0.4, -0.2) is 41.8 Å². The Morgan fingerprint density at radius 3 is 2.36 bits per heavy atom. The molecule has 1 aliphatic heterocycles. The van der Waals surface area contributed by atoms with Crippen LogP contribution in [0.25, 0.3) is 0 Å². The summed E-state index contributed by atoms with van der Waals surface area (Å²) in [6.45, 7) is 3.52. The number of aliphatic hydroxyl groups excluding tert-OH is 2. The Morgan fingerprint density at radius 1 is 1.29 bits per heavy atom. The number of methoxy groups -OCH3 is 1. The molecule has 0 bridgehead atoms. The average Bonchev–Trinajstić information content (AvgIpc) is 2.19. The van der Waals surface area contributed by atoms with Crippen molar-refractivity contribution in [1.29, 1.82) is 0 Å². The van der Waals surface area contributed by atoms with E-state index in [0.29, 0.717) is 0 Å². The SMILES string of the molecule is COC(=O)[C@H]1O[C@@H](O)[C@H](C)[C@@H](C)[C@@H]1O. The number of ether oxygens (including phenoxy) is 2. The van der Waals surface area contributed by atoms with Gasteiger partial charge in [-0.25, -0.2) is 4.79 Å². The van der Waals surface area contributed by atoms with E-state index in [4.69, 9.17) is 4.74 Å². The third-order valence-electron chi connectivity index (χ3n) is 2.85. The number of hydrogen-bond acceptors (Lipinski definition) is 5. The van der Waals surface area contributed by atoms with E-state index in [1.807, 2.05) is 0 Å². The Hall–Kier alpha value is -0.650. The molecule has 1 rings (SSSR count). The highest BCUT2D eigenvalue weighted by atomic mass is 16.6. The molecular formula is C9H16O5. The van der Waals surface area contributed by atoms with Gasteiger partial charge in [0, 0.05) is 5.92 Å². The molecule has 82 valence electrons. The third kappa shape index (κ3) is 1.89. The van der Waals surface area contributed by atoms with Crippen molar-refractivity contribution in [3.63, 3.8) is 0 Å². The lowest BCUT2D eigenvalue weighted by molar-refractivity contribution is -0.246. The second-order valence-corrected chi connectivity index (χ2v) is 3.68. The Kier molecular flexibility index (Phi) is 3.47. The summed E-state index contributed by atoms with van der Waals surface area (Å²) in [5.74, 6) is -1.07. The summed E-state index contributed by atoms with van der Waals surface area (Å²) >= 11 is 0. The molecule has 0 radical (unpaired) electrons. The average molecular weight is 204 g/mol. The summed E-state index contributed by atoms with van der Waals surface area (Å²) in [6, 6.07) is 0. The molecule has 0 aromatic rings. The fourth-order valence-corrected chi connectivity index (χ4v) is 1.51. The first kappa shape index (κ1) is 11.4. The van der Waals surface area contributed by atoms with Crippen LogP contribution in [0.4, 0.5) is 0 Å². The van der Waals surface area contributed by atoms with E-state index in [0.717, 1.165) is 0 Å². The van der Waals surface area contributed by atoms with E-state index < -0.39 is 24.5 Å². The van der Waals surface area contributed by atoms with Gasteiger partial charge in [-0.1, -0.05) is 13.8 Å². The van der Waals surface area contributed by atoms with Crippen LogP contribution in [-0.2, 0) is 14.3 Å². The zero-order chi connectivity index (χ0) is 10.9. The summed E-state index contributed by atoms with van der Waals surface area (Å²) in [4.78, 5) is 11.2. The van der Waals surface area contributed by atoms with E-state index >= 15 is 0 Å². The maximum atomic E-state index is 11.2. The molecule has 14 heavy (non-hydrogen) atoms. The van der Waals surface area contributed by atoms with E-state index in [2.05, 4.69) is 4.74 Å². The van der Waals surface area contributed by atoms with Crippen molar-refractivity contribution in [3.8, 4) is 0 Å². The Bertz CT molecular complexity index is 217. The predicted molar refractivity (Wildman–Crippen MR) is 47.2 cm³/mol. The molecule has 1 aliphatic rings. The molecule has 1 saturated heterocycles. The molecule has 0 saturated carbocycles. The summed E-state index contributed by atoms with van der Waals surface area (Å²) in [5, 5.41) is 19.1. The summed E-state index contributed by atoms with van der Waals surface area (Å²) in [6.07, 6.45) is -3.04. The first-order chi connectivity index (χ1) is 6.49. The smallest absolute Gasteiger partial charge is 0.337 e. The largest absolute Gasteiger partial charge is 0.467 e. The van der Waals surface area contributed by atoms with Crippen molar-refractivity contribution < 1.29 is 24.5 Å². The fraction of sp³-hybridized carbons (Fsp3) is 0.889. The minimum Gasteiger partial charge on any atom is -0.467 e. The highest BCUT2D eigenvalue weighted by molar-refractivity contribution is 5.75. The van der Waals surface area contributed by atoms with Crippen LogP contribution in [0.2, 0.25) is 0 Å². The van der Waals surface area contributed by atoms with Gasteiger partial charge < -0.3 is 19.7 Å². The lowest BCUT2D eigenvalue weighted by atomic mass is 9.85. The summed E-state index contributed by atoms with van der Waals surface area (Å²) in [7, 11) is 1.22. The lowest BCUT2D eigenvalue weighted by Crippen LogP contribution is -2.52. The van der Waals surface area contributed by atoms with E-state index in [-0.39, 0.29) is 11.8 Å². The van der Waals surface area contributed by atoms with Crippen molar-refractivity contribution in [3.05, 3.63) is 0 Å². The molecule has 0 unspecified atom stereocenters. The molecule has 0 aromatic heterocycles. The van der Waals surface area contributed by atoms with E-state index in [9.17, 15) is 15.0 Å². The Balaban J connectivity index is 2.75. The predicted octanol–water partition coefficient (Wildman–Crippen LogP) is -0.490. The minimum atomic E-state index is -1.08. The van der Waals surface area contributed by atoms with E-state index in [1.165, 1.54) is 7.11 Å². The molecular weight excluding hydrogens is 188 g/mol. The van der Waals surface area contributed by atoms with Crippen molar-refractivity contribution in [2.75, 3.05) is 7.11 Å². The maximum absolute atomic E-state index is 11.2. The van der Waals surface area contributed by atoms with Gasteiger partial charge in [-0.05, 0) is 5.92 Å². The maximum Gasteiger partial charge on any atom is 0.337 e. The van der Waals surface area contributed by atoms with Gasteiger partial charge in [0.15, 0.2) is 12.4 Å². The van der Waals surface area contributed by atoms with Gasteiger partial charge >= 0.3 is 5.97 Å². The number of hydrogen-bond donors (Lipinski definition) is 2. The third-order valence-corrected chi connectivity index (χ3v) is 2.85. The molecule has 5 heteroatoms. The highest BCUT2D eigenvalue weighted by Gasteiger charge is 2.43. The standard InChI is InChI=1S/C9H16O5/c1-4-5(2)8(11)14-7(6(4)10)9(12)13-3/h4-8,10-11H,1-3H3/t4-,5-,6+,7+,8-/m1/s1. The zero-order valence-corrected chi connectivity index (χ0v) is 8.51. The zero-order valence-electron chi connectivity index (χ0n) is 8.51. The van der Waals surface area contributed by atoms with Gasteiger partial charge in [-0.3, -0.25) is 0 Å². The molecule has 5 nitrogen and oxygen atoms in total. The molecule has 0 aliphatic carbocycles. The van der Waals surface area contributed by atoms with Gasteiger partial charge in [-0.15, -0.1) is 0 Å². The normalized spacial score (nSPS) is 43.4. The molecule has 1 heterocycles. The molecule has 5 atom stereocenters. The molecule has 1 fully saturated rings. The van der Waals surface area contributed by atoms with Gasteiger partial charge in [0.05, 0.1) is 13.2 Å². The van der Waals surface area contributed by atoms with Gasteiger partial charge in [0.25, 0.3) is 0 Å². The quantitative estimate of drug-likeness (QED) is 0.564. The number of esters is 1. The Morgan fingerprint density at radius 2 is 1.86 bits per heavy atom. The van der Waals surface area contributed by atoms with Crippen molar-refractivity contribution in [2.45, 2.75) is 32.3 Å². The van der Waals surface area contributed by atoms with Crippen LogP contribution in [0.5, 0.6) is 0 Å². The van der Waals surface area contributed by atoms with Crippen LogP contribution in [0.3, 0.4) is 0 Å². The number of aliphatic hydroxyl groups is 2. The van der Waals surface area contributed by atoms with Crippen LogP contribution < -0.4 is 0 Å². The summed E-state index contributed by atoms with van der Waals surface area (Å²) in [5.41, 5.74) is 0. The summed E-state index contributed by atoms with van der Waals surface area (Å²) < 4.78 is 9.42. The molecule has 0 spiro atoms. The topological polar surface area (TPSA) is 76.0 Å². The fourth-order valence-electron chi connectivity index (χ4n) is 1.51. The van der Waals surface area contributed by atoms with Gasteiger partial charge in [0.2, 0.25) is 0 Å². The minimum absolute atomic E-state index is 0.203. The molecule has 0 amide bonds. The second kappa shape index (κ2) is 4.25. The Labute approximate surface area is 82.6 Å². The van der Waals surface area contributed by atoms with Crippen molar-refractivity contribution in [2.24, 2.45) is 11.8 Å².